The average Bonchev–Trinajstić information content (AvgIpc) is 1.87. The van der Waals surface area contributed by atoms with Gasteiger partial charge in [-0.2, -0.15) is 4.31 Å². The first-order chi connectivity index (χ1) is 4.72. The quantitative estimate of drug-likeness (QED) is 0.509. The summed E-state index contributed by atoms with van der Waals surface area (Å²) in [4.78, 5) is 0. The highest BCUT2D eigenvalue weighted by Crippen LogP contribution is 1.92. The number of rotatable bonds is 5. The maximum absolute atomic E-state index is 11.6. The van der Waals surface area contributed by atoms with E-state index in [0.717, 1.165) is 4.31 Å². The van der Waals surface area contributed by atoms with Crippen LogP contribution in [0.3, 0.4) is 0 Å². The molecular weight excluding hydrogens is 181 g/mol. The smallest absolute Gasteiger partial charge is 0.234 e. The third-order valence-electron chi connectivity index (χ3n) is 0.889. The molecule has 0 aromatic carbocycles. The summed E-state index contributed by atoms with van der Waals surface area (Å²) in [5.74, 6) is 0.228. The molecule has 0 saturated heterocycles. The first-order valence-corrected chi connectivity index (χ1v) is 4.30. The van der Waals surface area contributed by atoms with Gasteiger partial charge in [-0.15, -0.1) is 11.6 Å². The Morgan fingerprint density at radius 3 is 2.50 bits per heavy atom. The molecule has 0 aromatic heterocycles. The van der Waals surface area contributed by atoms with E-state index in [1.54, 1.807) is 0 Å². The van der Waals surface area contributed by atoms with Gasteiger partial charge in [0.05, 0.1) is 0 Å². The molecule has 0 heterocycles. The van der Waals surface area contributed by atoms with Crippen LogP contribution < -0.4 is 0 Å². The lowest BCUT2D eigenvalue weighted by molar-refractivity contribution is 0.360. The molecule has 0 aromatic rings. The first-order valence-electron chi connectivity index (χ1n) is 2.70. The van der Waals surface area contributed by atoms with Gasteiger partial charge in [0.2, 0.25) is 11.3 Å². The second-order valence-electron chi connectivity index (χ2n) is 1.54. The Kier molecular flexibility index (Phi) is 6.20. The summed E-state index contributed by atoms with van der Waals surface area (Å²) in [6.45, 7) is -0.451. The van der Waals surface area contributed by atoms with Crippen LogP contribution in [0.5, 0.6) is 0 Å². The van der Waals surface area contributed by atoms with E-state index >= 15 is 0 Å². The topological polar surface area (TPSA) is 40.5 Å². The van der Waals surface area contributed by atoms with E-state index in [-0.39, 0.29) is 19.0 Å². The molecule has 1 N–H and O–H groups in total. The van der Waals surface area contributed by atoms with Crippen LogP contribution >= 0.6 is 11.6 Å². The van der Waals surface area contributed by atoms with Gasteiger partial charge in [0, 0.05) is 19.0 Å². The SMILES string of the molecule is O=S(O)N(CCF)CCCl. The van der Waals surface area contributed by atoms with Gasteiger partial charge in [-0.1, -0.05) is 0 Å². The van der Waals surface area contributed by atoms with E-state index in [1.165, 1.54) is 0 Å². The lowest BCUT2D eigenvalue weighted by Crippen LogP contribution is -2.29. The highest BCUT2D eigenvalue weighted by molar-refractivity contribution is 7.76. The van der Waals surface area contributed by atoms with Gasteiger partial charge in [-0.05, 0) is 0 Å². The molecule has 0 amide bonds. The van der Waals surface area contributed by atoms with Crippen LogP contribution in [0, 0.1) is 0 Å². The summed E-state index contributed by atoms with van der Waals surface area (Å²) in [5.41, 5.74) is 0. The molecule has 3 nitrogen and oxygen atoms in total. The molecule has 10 heavy (non-hydrogen) atoms. The second kappa shape index (κ2) is 6.03. The minimum Gasteiger partial charge on any atom is -0.294 e. The Labute approximate surface area is 66.6 Å². The maximum Gasteiger partial charge on any atom is 0.234 e. The van der Waals surface area contributed by atoms with Crippen LogP contribution in [0.1, 0.15) is 0 Å². The predicted octanol–water partition coefficient (Wildman–Crippen LogP) is 0.633. The number of nitrogens with zero attached hydrogens (tertiary/aromatic N) is 1. The summed E-state index contributed by atoms with van der Waals surface area (Å²) >= 11 is 3.17. The number of alkyl halides is 2. The summed E-state index contributed by atoms with van der Waals surface area (Å²) in [7, 11) is 0. The van der Waals surface area contributed by atoms with E-state index in [1.807, 2.05) is 0 Å². The van der Waals surface area contributed by atoms with Crippen molar-refractivity contribution in [1.29, 1.82) is 0 Å². The van der Waals surface area contributed by atoms with Gasteiger partial charge in [0.1, 0.15) is 6.67 Å². The minimum absolute atomic E-state index is 0.0458. The third kappa shape index (κ3) is 4.16. The van der Waals surface area contributed by atoms with Crippen LogP contribution in [0.15, 0.2) is 0 Å². The van der Waals surface area contributed by atoms with Crippen molar-refractivity contribution in [2.24, 2.45) is 0 Å². The Bertz CT molecular complexity index is 109. The van der Waals surface area contributed by atoms with E-state index in [4.69, 9.17) is 16.2 Å². The first kappa shape index (κ1) is 10.3. The van der Waals surface area contributed by atoms with E-state index in [9.17, 15) is 8.60 Å². The molecule has 0 aliphatic carbocycles. The van der Waals surface area contributed by atoms with Crippen molar-refractivity contribution in [3.8, 4) is 0 Å². The van der Waals surface area contributed by atoms with Crippen molar-refractivity contribution >= 4 is 22.9 Å². The normalized spacial score (nSPS) is 14.0. The molecule has 1 unspecified atom stereocenters. The molecular formula is C4H9ClFNO2S. The molecule has 62 valence electrons. The van der Waals surface area contributed by atoms with Crippen molar-refractivity contribution in [2.45, 2.75) is 0 Å². The fourth-order valence-electron chi connectivity index (χ4n) is 0.457. The zero-order valence-corrected chi connectivity index (χ0v) is 6.87. The zero-order chi connectivity index (χ0) is 7.98. The Morgan fingerprint density at radius 2 is 2.20 bits per heavy atom. The van der Waals surface area contributed by atoms with E-state index in [0.29, 0.717) is 0 Å². The number of halogens is 2. The average molecular weight is 190 g/mol. The van der Waals surface area contributed by atoms with Crippen molar-refractivity contribution in [3.05, 3.63) is 0 Å². The van der Waals surface area contributed by atoms with Gasteiger partial charge in [-0.25, -0.2) is 8.60 Å². The van der Waals surface area contributed by atoms with Gasteiger partial charge < -0.3 is 0 Å². The number of hydrogen-bond acceptors (Lipinski definition) is 1. The Balaban J connectivity index is 3.61. The third-order valence-corrected chi connectivity index (χ3v) is 1.86. The monoisotopic (exact) mass is 189 g/mol. The fourth-order valence-corrected chi connectivity index (χ4v) is 1.23. The lowest BCUT2D eigenvalue weighted by atomic mass is 10.6. The Hall–Kier alpha value is 0.290. The van der Waals surface area contributed by atoms with Gasteiger partial charge in [0.15, 0.2) is 0 Å². The van der Waals surface area contributed by atoms with Crippen LogP contribution in [0.2, 0.25) is 0 Å². The lowest BCUT2D eigenvalue weighted by Gasteiger charge is -2.12. The predicted molar refractivity (Wildman–Crippen MR) is 39.0 cm³/mol. The van der Waals surface area contributed by atoms with E-state index in [2.05, 4.69) is 0 Å². The molecule has 0 aliphatic heterocycles. The standard InChI is InChI=1S/C4H9ClFNO2S/c5-1-3-7(4-2-6)10(8)9/h1-4H2,(H,8,9). The van der Waals surface area contributed by atoms with Crippen LogP contribution in [0.4, 0.5) is 4.39 Å². The fraction of sp³-hybridized carbons (Fsp3) is 1.00. The molecule has 1 atom stereocenters. The Morgan fingerprint density at radius 1 is 1.60 bits per heavy atom. The van der Waals surface area contributed by atoms with E-state index < -0.39 is 17.9 Å². The van der Waals surface area contributed by atoms with Crippen LogP contribution in [-0.4, -0.2) is 38.7 Å². The van der Waals surface area contributed by atoms with Crippen LogP contribution in [-0.2, 0) is 11.3 Å². The molecule has 0 fully saturated rings. The van der Waals surface area contributed by atoms with Crippen molar-refractivity contribution < 1.29 is 13.2 Å². The zero-order valence-electron chi connectivity index (χ0n) is 5.30. The molecule has 0 spiro atoms. The highest BCUT2D eigenvalue weighted by Gasteiger charge is 2.08. The molecule has 0 rings (SSSR count). The summed E-state index contributed by atoms with van der Waals surface area (Å²) < 4.78 is 31.4. The largest absolute Gasteiger partial charge is 0.294 e. The van der Waals surface area contributed by atoms with Gasteiger partial charge >= 0.3 is 0 Å². The van der Waals surface area contributed by atoms with Crippen molar-refractivity contribution in [1.82, 2.24) is 4.31 Å². The summed E-state index contributed by atoms with van der Waals surface area (Å²) in [6.07, 6.45) is 0. The van der Waals surface area contributed by atoms with Gasteiger partial charge in [-0.3, -0.25) is 4.55 Å². The minimum atomic E-state index is -2.09. The molecule has 0 aliphatic rings. The maximum atomic E-state index is 11.6. The molecule has 6 heteroatoms. The highest BCUT2D eigenvalue weighted by atomic mass is 35.5. The second-order valence-corrected chi connectivity index (χ2v) is 2.89. The molecule has 0 saturated carbocycles. The van der Waals surface area contributed by atoms with Crippen molar-refractivity contribution in [2.75, 3.05) is 25.6 Å². The number of hydrogen-bond donors (Lipinski definition) is 1. The molecule has 0 radical (unpaired) electrons. The van der Waals surface area contributed by atoms with Gasteiger partial charge in [0.25, 0.3) is 0 Å². The molecule has 0 bridgehead atoms. The summed E-state index contributed by atoms with van der Waals surface area (Å²) in [6, 6.07) is 0. The van der Waals surface area contributed by atoms with Crippen LogP contribution in [0.25, 0.3) is 0 Å². The summed E-state index contributed by atoms with van der Waals surface area (Å²) in [5, 5.41) is 0. The van der Waals surface area contributed by atoms with Crippen molar-refractivity contribution in [3.63, 3.8) is 0 Å².